The third-order valence-corrected chi connectivity index (χ3v) is 4.54. The van der Waals surface area contributed by atoms with Crippen molar-refractivity contribution >= 4 is 5.91 Å². The molecule has 1 aliphatic rings. The molecule has 1 aromatic heterocycles. The Morgan fingerprint density at radius 3 is 2.65 bits per heavy atom. The second kappa shape index (κ2) is 7.42. The highest BCUT2D eigenvalue weighted by Gasteiger charge is 2.28. The third kappa shape index (κ3) is 3.62. The molecule has 2 aromatic rings. The van der Waals surface area contributed by atoms with Gasteiger partial charge in [-0.1, -0.05) is 54.8 Å². The Balaban J connectivity index is 1.86. The van der Waals surface area contributed by atoms with Crippen molar-refractivity contribution in [2.45, 2.75) is 51.2 Å². The van der Waals surface area contributed by atoms with Crippen LogP contribution in [0.4, 0.5) is 0 Å². The zero-order valence-corrected chi connectivity index (χ0v) is 13.3. The zero-order chi connectivity index (χ0) is 16.1. The first kappa shape index (κ1) is 15.7. The van der Waals surface area contributed by atoms with E-state index in [1.165, 1.54) is 25.5 Å². The van der Waals surface area contributed by atoms with Crippen molar-refractivity contribution in [2.24, 2.45) is 5.73 Å². The van der Waals surface area contributed by atoms with Gasteiger partial charge in [-0.15, -0.1) is 0 Å². The van der Waals surface area contributed by atoms with Crippen LogP contribution in [-0.2, 0) is 13.1 Å². The van der Waals surface area contributed by atoms with Crippen molar-refractivity contribution in [2.75, 3.05) is 0 Å². The molecule has 1 aromatic carbocycles. The van der Waals surface area contributed by atoms with Crippen LogP contribution in [0.3, 0.4) is 0 Å². The lowest BCUT2D eigenvalue weighted by Crippen LogP contribution is -2.41. The summed E-state index contributed by atoms with van der Waals surface area (Å²) in [4.78, 5) is 15.0. The lowest BCUT2D eigenvalue weighted by atomic mass is 9.93. The molecule has 0 aliphatic heterocycles. The topological polar surface area (TPSA) is 72.4 Å². The number of carbonyl (C=O) groups excluding carboxylic acids is 1. The number of hydrogen-bond acceptors (Lipinski definition) is 4. The monoisotopic (exact) mass is 313 g/mol. The van der Waals surface area contributed by atoms with Gasteiger partial charge in [0.15, 0.2) is 0 Å². The molecule has 0 radical (unpaired) electrons. The van der Waals surface area contributed by atoms with Gasteiger partial charge in [0.2, 0.25) is 0 Å². The SMILES string of the molecule is NCc1nocc1C(=O)N(Cc1ccccc1)C1CCCCC1. The molecule has 1 saturated carbocycles. The Hall–Kier alpha value is -2.14. The van der Waals surface area contributed by atoms with Gasteiger partial charge in [-0.3, -0.25) is 4.79 Å². The molecule has 23 heavy (non-hydrogen) atoms. The molecule has 0 bridgehead atoms. The van der Waals surface area contributed by atoms with Crippen LogP contribution >= 0.6 is 0 Å². The van der Waals surface area contributed by atoms with E-state index in [9.17, 15) is 4.79 Å². The number of aromatic nitrogens is 1. The van der Waals surface area contributed by atoms with Crippen molar-refractivity contribution in [3.8, 4) is 0 Å². The van der Waals surface area contributed by atoms with Crippen molar-refractivity contribution in [1.82, 2.24) is 10.1 Å². The van der Waals surface area contributed by atoms with Crippen molar-refractivity contribution in [3.05, 3.63) is 53.4 Å². The van der Waals surface area contributed by atoms with E-state index in [4.69, 9.17) is 10.3 Å². The van der Waals surface area contributed by atoms with Crippen LogP contribution in [0.2, 0.25) is 0 Å². The van der Waals surface area contributed by atoms with E-state index in [2.05, 4.69) is 17.3 Å². The van der Waals surface area contributed by atoms with Crippen LogP contribution in [0.25, 0.3) is 0 Å². The maximum absolute atomic E-state index is 13.1. The number of rotatable bonds is 5. The fraction of sp³-hybridized carbons (Fsp3) is 0.444. The normalized spacial score (nSPS) is 15.5. The largest absolute Gasteiger partial charge is 0.364 e. The van der Waals surface area contributed by atoms with Crippen molar-refractivity contribution in [1.29, 1.82) is 0 Å². The Morgan fingerprint density at radius 1 is 1.22 bits per heavy atom. The smallest absolute Gasteiger partial charge is 0.259 e. The average molecular weight is 313 g/mol. The van der Waals surface area contributed by atoms with E-state index in [1.807, 2.05) is 23.1 Å². The summed E-state index contributed by atoms with van der Waals surface area (Å²) in [6.45, 7) is 0.820. The Morgan fingerprint density at radius 2 is 1.96 bits per heavy atom. The summed E-state index contributed by atoms with van der Waals surface area (Å²) in [5.74, 6) is -0.0255. The molecule has 5 nitrogen and oxygen atoms in total. The summed E-state index contributed by atoms with van der Waals surface area (Å²) in [7, 11) is 0. The van der Waals surface area contributed by atoms with Crippen LogP contribution in [0.15, 0.2) is 41.1 Å². The van der Waals surface area contributed by atoms with Gasteiger partial charge in [0.1, 0.15) is 17.5 Å². The number of nitrogens with two attached hydrogens (primary N) is 1. The first-order valence-electron chi connectivity index (χ1n) is 8.28. The standard InChI is InChI=1S/C18H23N3O2/c19-11-17-16(13-23-20-17)18(22)21(15-9-5-2-6-10-15)12-14-7-3-1-4-8-14/h1,3-4,7-8,13,15H,2,5-6,9-12,19H2. The molecule has 2 N–H and O–H groups in total. The van der Waals surface area contributed by atoms with Crippen LogP contribution < -0.4 is 5.73 Å². The molecule has 1 fully saturated rings. The lowest BCUT2D eigenvalue weighted by Gasteiger charge is -2.34. The van der Waals surface area contributed by atoms with E-state index >= 15 is 0 Å². The molecule has 1 aliphatic carbocycles. The maximum atomic E-state index is 13.1. The predicted molar refractivity (Wildman–Crippen MR) is 87.6 cm³/mol. The Labute approximate surface area is 136 Å². The van der Waals surface area contributed by atoms with Gasteiger partial charge in [-0.2, -0.15) is 0 Å². The molecular weight excluding hydrogens is 290 g/mol. The first-order valence-corrected chi connectivity index (χ1v) is 8.28. The number of carbonyl (C=O) groups is 1. The third-order valence-electron chi connectivity index (χ3n) is 4.54. The molecule has 5 heteroatoms. The minimum atomic E-state index is -0.0255. The minimum absolute atomic E-state index is 0.0255. The van der Waals surface area contributed by atoms with Crippen LogP contribution in [0.5, 0.6) is 0 Å². The number of hydrogen-bond donors (Lipinski definition) is 1. The van der Waals surface area contributed by atoms with Gasteiger partial charge in [0.25, 0.3) is 5.91 Å². The van der Waals surface area contributed by atoms with Crippen molar-refractivity contribution in [3.63, 3.8) is 0 Å². The maximum Gasteiger partial charge on any atom is 0.259 e. The fourth-order valence-electron chi connectivity index (χ4n) is 3.28. The van der Waals surface area contributed by atoms with Crippen molar-refractivity contribution < 1.29 is 9.32 Å². The first-order chi connectivity index (χ1) is 11.3. The predicted octanol–water partition coefficient (Wildman–Crippen LogP) is 3.11. The highest BCUT2D eigenvalue weighted by atomic mass is 16.5. The van der Waals surface area contributed by atoms with Gasteiger partial charge in [0.05, 0.1) is 0 Å². The minimum Gasteiger partial charge on any atom is -0.364 e. The average Bonchev–Trinajstić information content (AvgIpc) is 3.09. The summed E-state index contributed by atoms with van der Waals surface area (Å²) in [6.07, 6.45) is 7.15. The molecular formula is C18H23N3O2. The quantitative estimate of drug-likeness (QED) is 0.920. The summed E-state index contributed by atoms with van der Waals surface area (Å²) in [6, 6.07) is 10.4. The molecule has 0 saturated heterocycles. The van der Waals surface area contributed by atoms with Crippen LogP contribution in [0, 0.1) is 0 Å². The second-order valence-corrected chi connectivity index (χ2v) is 6.09. The summed E-state index contributed by atoms with van der Waals surface area (Å²) >= 11 is 0. The highest BCUT2D eigenvalue weighted by molar-refractivity contribution is 5.95. The van der Waals surface area contributed by atoms with Gasteiger partial charge in [0, 0.05) is 19.1 Å². The van der Waals surface area contributed by atoms with E-state index < -0.39 is 0 Å². The molecule has 122 valence electrons. The van der Waals surface area contributed by atoms with E-state index in [0.717, 1.165) is 18.4 Å². The Bertz CT molecular complexity index is 633. The van der Waals surface area contributed by atoms with Gasteiger partial charge in [-0.25, -0.2) is 0 Å². The molecule has 0 spiro atoms. The molecule has 1 amide bonds. The van der Waals surface area contributed by atoms with Crippen LogP contribution in [0.1, 0.15) is 53.7 Å². The molecule has 0 unspecified atom stereocenters. The lowest BCUT2D eigenvalue weighted by molar-refractivity contribution is 0.0612. The highest BCUT2D eigenvalue weighted by Crippen LogP contribution is 2.26. The zero-order valence-electron chi connectivity index (χ0n) is 13.3. The summed E-state index contributed by atoms with van der Waals surface area (Å²) < 4.78 is 4.97. The molecule has 3 rings (SSSR count). The van der Waals surface area contributed by atoms with E-state index in [0.29, 0.717) is 17.8 Å². The van der Waals surface area contributed by atoms with Gasteiger partial charge in [-0.05, 0) is 18.4 Å². The summed E-state index contributed by atoms with van der Waals surface area (Å²) in [5.41, 5.74) is 7.83. The number of amides is 1. The van der Waals surface area contributed by atoms with E-state index in [1.54, 1.807) is 0 Å². The number of benzene rings is 1. The molecule has 1 heterocycles. The summed E-state index contributed by atoms with van der Waals surface area (Å²) in [5, 5.41) is 3.84. The fourth-order valence-corrected chi connectivity index (χ4v) is 3.28. The van der Waals surface area contributed by atoms with Crippen LogP contribution in [-0.4, -0.2) is 22.0 Å². The Kier molecular flexibility index (Phi) is 5.08. The van der Waals surface area contributed by atoms with Gasteiger partial charge < -0.3 is 15.2 Å². The number of nitrogens with zero attached hydrogens (tertiary/aromatic N) is 2. The molecule has 0 atom stereocenters. The van der Waals surface area contributed by atoms with Gasteiger partial charge >= 0.3 is 0 Å². The van der Waals surface area contributed by atoms with E-state index in [-0.39, 0.29) is 18.5 Å². The second-order valence-electron chi connectivity index (χ2n) is 6.09.